The van der Waals surface area contributed by atoms with Gasteiger partial charge in [-0.05, 0) is 43.2 Å². The summed E-state index contributed by atoms with van der Waals surface area (Å²) in [7, 11) is -3.38. The van der Waals surface area contributed by atoms with Crippen LogP contribution in [0.25, 0.3) is 0 Å². The van der Waals surface area contributed by atoms with Gasteiger partial charge < -0.3 is 0 Å². The molecule has 1 saturated carbocycles. The third-order valence-electron chi connectivity index (χ3n) is 4.18. The highest BCUT2D eigenvalue weighted by Crippen LogP contribution is 2.29. The lowest BCUT2D eigenvalue weighted by Crippen LogP contribution is -2.18. The molecule has 1 fully saturated rings. The topological polar surface area (TPSA) is 52.0 Å². The summed E-state index contributed by atoms with van der Waals surface area (Å²) in [6, 6.07) is 8.46. The fourth-order valence-electron chi connectivity index (χ4n) is 3.03. The van der Waals surface area contributed by atoms with Crippen LogP contribution < -0.4 is 0 Å². The number of hydrogen-bond donors (Lipinski definition) is 0. The predicted molar refractivity (Wildman–Crippen MR) is 86.7 cm³/mol. The molecule has 3 rings (SSSR count). The first-order valence-electron chi connectivity index (χ1n) is 7.57. The summed E-state index contributed by atoms with van der Waals surface area (Å²) in [5.74, 6) is -0.0227. The average molecular weight is 339 g/mol. The molecule has 0 spiro atoms. The van der Waals surface area contributed by atoms with E-state index >= 15 is 0 Å². The standard InChI is InChI=1S/C16H19ClN2O2S/c17-13-6-8-16(9-7-13)22(20,21)12-15-10-11-18-19(15)14-4-2-1-3-5-14/h6-11,14H,1-5,12H2. The molecule has 2 aromatic rings. The van der Waals surface area contributed by atoms with Crippen LogP contribution >= 0.6 is 11.6 Å². The lowest BCUT2D eigenvalue weighted by molar-refractivity contribution is 0.324. The third-order valence-corrected chi connectivity index (χ3v) is 6.10. The van der Waals surface area contributed by atoms with Crippen molar-refractivity contribution < 1.29 is 8.42 Å². The number of rotatable bonds is 4. The number of benzene rings is 1. The normalized spacial score (nSPS) is 16.8. The van der Waals surface area contributed by atoms with Crippen LogP contribution in [0.15, 0.2) is 41.4 Å². The van der Waals surface area contributed by atoms with Crippen molar-refractivity contribution in [3.8, 4) is 0 Å². The van der Waals surface area contributed by atoms with E-state index in [1.54, 1.807) is 30.5 Å². The van der Waals surface area contributed by atoms with E-state index in [0.717, 1.165) is 18.5 Å². The second kappa shape index (κ2) is 6.42. The monoisotopic (exact) mass is 338 g/mol. The highest BCUT2D eigenvalue weighted by molar-refractivity contribution is 7.90. The van der Waals surface area contributed by atoms with Gasteiger partial charge in [-0.1, -0.05) is 30.9 Å². The minimum absolute atomic E-state index is 0.0227. The quantitative estimate of drug-likeness (QED) is 0.846. The maximum atomic E-state index is 12.6. The summed E-state index contributed by atoms with van der Waals surface area (Å²) >= 11 is 5.82. The first-order valence-corrected chi connectivity index (χ1v) is 9.60. The van der Waals surface area contributed by atoms with Crippen molar-refractivity contribution in [2.75, 3.05) is 0 Å². The fourth-order valence-corrected chi connectivity index (χ4v) is 4.49. The molecule has 1 aliphatic carbocycles. The Kier molecular flexibility index (Phi) is 4.54. The predicted octanol–water partition coefficient (Wildman–Crippen LogP) is 4.02. The maximum absolute atomic E-state index is 12.6. The van der Waals surface area contributed by atoms with Crippen LogP contribution in [0, 0.1) is 0 Å². The number of nitrogens with zero attached hydrogens (tertiary/aromatic N) is 2. The van der Waals surface area contributed by atoms with E-state index in [-0.39, 0.29) is 5.75 Å². The molecule has 0 radical (unpaired) electrons. The Balaban J connectivity index is 1.83. The van der Waals surface area contributed by atoms with E-state index in [0.29, 0.717) is 16.0 Å². The summed E-state index contributed by atoms with van der Waals surface area (Å²) in [5, 5.41) is 4.90. The number of hydrogen-bond acceptors (Lipinski definition) is 3. The summed E-state index contributed by atoms with van der Waals surface area (Å²) in [5.41, 5.74) is 0.766. The molecule has 0 unspecified atom stereocenters. The van der Waals surface area contributed by atoms with Crippen LogP contribution in [0.1, 0.15) is 43.8 Å². The van der Waals surface area contributed by atoms with Crippen LogP contribution in [0.2, 0.25) is 5.02 Å². The molecule has 1 aromatic carbocycles. The molecule has 0 amide bonds. The van der Waals surface area contributed by atoms with Gasteiger partial charge in [-0.25, -0.2) is 8.42 Å². The van der Waals surface area contributed by atoms with Crippen LogP contribution in [-0.4, -0.2) is 18.2 Å². The van der Waals surface area contributed by atoms with Gasteiger partial charge in [0.25, 0.3) is 0 Å². The van der Waals surface area contributed by atoms with Crippen molar-refractivity contribution in [3.63, 3.8) is 0 Å². The largest absolute Gasteiger partial charge is 0.265 e. The van der Waals surface area contributed by atoms with E-state index < -0.39 is 9.84 Å². The maximum Gasteiger partial charge on any atom is 0.184 e. The van der Waals surface area contributed by atoms with Crippen LogP contribution in [0.5, 0.6) is 0 Å². The van der Waals surface area contributed by atoms with Gasteiger partial charge in [-0.2, -0.15) is 5.10 Å². The average Bonchev–Trinajstić information content (AvgIpc) is 2.96. The third kappa shape index (κ3) is 3.36. The van der Waals surface area contributed by atoms with Gasteiger partial charge in [0.1, 0.15) is 0 Å². The van der Waals surface area contributed by atoms with E-state index in [2.05, 4.69) is 5.10 Å². The molecular formula is C16H19ClN2O2S. The van der Waals surface area contributed by atoms with Gasteiger partial charge in [-0.3, -0.25) is 4.68 Å². The highest BCUT2D eigenvalue weighted by Gasteiger charge is 2.22. The highest BCUT2D eigenvalue weighted by atomic mass is 35.5. The lowest BCUT2D eigenvalue weighted by Gasteiger charge is -2.24. The van der Waals surface area contributed by atoms with Gasteiger partial charge in [0.05, 0.1) is 22.4 Å². The van der Waals surface area contributed by atoms with Gasteiger partial charge in [-0.15, -0.1) is 0 Å². The van der Waals surface area contributed by atoms with Crippen LogP contribution in [-0.2, 0) is 15.6 Å². The summed E-state index contributed by atoms with van der Waals surface area (Å²) in [6.07, 6.45) is 7.49. The zero-order chi connectivity index (χ0) is 15.6. The SMILES string of the molecule is O=S(=O)(Cc1ccnn1C1CCCCC1)c1ccc(Cl)cc1. The van der Waals surface area contributed by atoms with E-state index in [4.69, 9.17) is 11.6 Å². The molecule has 0 bridgehead atoms. The minimum atomic E-state index is -3.38. The molecule has 1 aliphatic rings. The molecule has 118 valence electrons. The van der Waals surface area contributed by atoms with Crippen molar-refractivity contribution in [2.24, 2.45) is 0 Å². The first kappa shape index (κ1) is 15.6. The second-order valence-corrected chi connectivity index (χ2v) is 8.20. The van der Waals surface area contributed by atoms with Gasteiger partial charge >= 0.3 is 0 Å². The van der Waals surface area contributed by atoms with Crippen LogP contribution in [0.4, 0.5) is 0 Å². The molecule has 0 atom stereocenters. The molecular weight excluding hydrogens is 320 g/mol. The molecule has 0 saturated heterocycles. The van der Waals surface area contributed by atoms with E-state index in [9.17, 15) is 8.42 Å². The minimum Gasteiger partial charge on any atom is -0.265 e. The molecule has 4 nitrogen and oxygen atoms in total. The summed E-state index contributed by atoms with van der Waals surface area (Å²) in [6.45, 7) is 0. The molecule has 1 heterocycles. The fraction of sp³-hybridized carbons (Fsp3) is 0.438. The molecule has 0 N–H and O–H groups in total. The first-order chi connectivity index (χ1) is 10.6. The van der Waals surface area contributed by atoms with Crippen molar-refractivity contribution in [1.29, 1.82) is 0 Å². The number of halogens is 1. The molecule has 6 heteroatoms. The smallest absolute Gasteiger partial charge is 0.184 e. The van der Waals surface area contributed by atoms with E-state index in [1.165, 1.54) is 19.3 Å². The van der Waals surface area contributed by atoms with Crippen LogP contribution in [0.3, 0.4) is 0 Å². The molecule has 0 aliphatic heterocycles. The molecule has 22 heavy (non-hydrogen) atoms. The van der Waals surface area contributed by atoms with E-state index in [1.807, 2.05) is 10.7 Å². The summed E-state index contributed by atoms with van der Waals surface area (Å²) < 4.78 is 27.0. The summed E-state index contributed by atoms with van der Waals surface area (Å²) in [4.78, 5) is 0.299. The van der Waals surface area contributed by atoms with Gasteiger partial charge in [0, 0.05) is 11.2 Å². The zero-order valence-corrected chi connectivity index (χ0v) is 13.9. The van der Waals surface area contributed by atoms with Gasteiger partial charge in [0.2, 0.25) is 0 Å². The van der Waals surface area contributed by atoms with Crippen molar-refractivity contribution in [3.05, 3.63) is 47.2 Å². The van der Waals surface area contributed by atoms with Crippen molar-refractivity contribution in [2.45, 2.75) is 48.8 Å². The second-order valence-electron chi connectivity index (χ2n) is 5.77. The molecule has 1 aromatic heterocycles. The Morgan fingerprint density at radius 2 is 1.77 bits per heavy atom. The lowest BCUT2D eigenvalue weighted by atomic mass is 9.95. The zero-order valence-electron chi connectivity index (χ0n) is 12.3. The Labute approximate surface area is 136 Å². The Hall–Kier alpha value is -1.33. The van der Waals surface area contributed by atoms with Crippen molar-refractivity contribution in [1.82, 2.24) is 9.78 Å². The number of aromatic nitrogens is 2. The van der Waals surface area contributed by atoms with Gasteiger partial charge in [0.15, 0.2) is 9.84 Å². The Bertz CT molecular complexity index is 732. The Morgan fingerprint density at radius 3 is 2.45 bits per heavy atom. The Morgan fingerprint density at radius 1 is 1.09 bits per heavy atom. The van der Waals surface area contributed by atoms with Crippen molar-refractivity contribution >= 4 is 21.4 Å². The number of sulfone groups is 1.